The number of thioether (sulfide) groups is 1. The molecule has 2 atom stereocenters. The highest BCUT2D eigenvalue weighted by Gasteiger charge is 2.42. The summed E-state index contributed by atoms with van der Waals surface area (Å²) in [4.78, 5) is 27.4. The molecular formula is C30H34BrNO6S. The third-order valence-electron chi connectivity index (χ3n) is 7.09. The Bertz CT molecular complexity index is 1320. The lowest BCUT2D eigenvalue weighted by atomic mass is 9.71. The van der Waals surface area contributed by atoms with Gasteiger partial charge in [-0.05, 0) is 60.9 Å². The lowest BCUT2D eigenvalue weighted by Crippen LogP contribution is -2.36. The molecule has 0 radical (unpaired) electrons. The Balaban J connectivity index is 1.77. The van der Waals surface area contributed by atoms with Crippen LogP contribution in [0.5, 0.6) is 17.2 Å². The zero-order chi connectivity index (χ0) is 28.1. The number of rotatable bonds is 10. The van der Waals surface area contributed by atoms with E-state index in [-0.39, 0.29) is 11.7 Å². The Kier molecular flexibility index (Phi) is 9.67. The molecule has 2 aromatic rings. The predicted molar refractivity (Wildman–Crippen MR) is 157 cm³/mol. The molecule has 7 nitrogen and oxygen atoms in total. The minimum Gasteiger partial charge on any atom is -0.496 e. The maximum Gasteiger partial charge on any atom is 0.336 e. The van der Waals surface area contributed by atoms with Crippen LogP contribution < -0.4 is 19.5 Å². The van der Waals surface area contributed by atoms with Crippen molar-refractivity contribution in [2.45, 2.75) is 38.5 Å². The predicted octanol–water partition coefficient (Wildman–Crippen LogP) is 6.13. The Morgan fingerprint density at radius 1 is 1.03 bits per heavy atom. The van der Waals surface area contributed by atoms with Crippen LogP contribution in [0.4, 0.5) is 0 Å². The Hall–Kier alpha value is -2.91. The molecule has 1 aliphatic carbocycles. The van der Waals surface area contributed by atoms with Crippen LogP contribution in [-0.2, 0) is 14.3 Å². The first kappa shape index (κ1) is 29.1. The summed E-state index contributed by atoms with van der Waals surface area (Å²) in [5, 5.41) is 3.41. The molecule has 0 bridgehead atoms. The van der Waals surface area contributed by atoms with Crippen LogP contribution in [0.25, 0.3) is 0 Å². The number of Topliss-reactive ketones (excluding diaryl/α,β-unsaturated/α-hetero) is 1. The second-order valence-corrected chi connectivity index (χ2v) is 11.7. The molecule has 0 saturated heterocycles. The number of hydrogen-bond donors (Lipinski definition) is 1. The van der Waals surface area contributed by atoms with Gasteiger partial charge in [0.05, 0.1) is 32.8 Å². The molecular weight excluding hydrogens is 582 g/mol. The van der Waals surface area contributed by atoms with Gasteiger partial charge in [-0.3, -0.25) is 4.79 Å². The Morgan fingerprint density at radius 3 is 2.44 bits per heavy atom. The molecule has 0 aromatic heterocycles. The van der Waals surface area contributed by atoms with Gasteiger partial charge in [0, 0.05) is 39.2 Å². The van der Waals surface area contributed by atoms with E-state index in [0.717, 1.165) is 27.0 Å². The summed E-state index contributed by atoms with van der Waals surface area (Å²) in [5.41, 5.74) is 4.25. The summed E-state index contributed by atoms with van der Waals surface area (Å²) in [6.45, 7) is 4.23. The molecule has 0 amide bonds. The highest BCUT2D eigenvalue weighted by atomic mass is 79.9. The second kappa shape index (κ2) is 13.0. The maximum atomic E-state index is 13.9. The van der Waals surface area contributed by atoms with Crippen molar-refractivity contribution in [1.29, 1.82) is 0 Å². The number of carbonyl (C=O) groups is 2. The molecule has 2 aliphatic rings. The number of methoxy groups -OCH3 is 3. The zero-order valence-electron chi connectivity index (χ0n) is 22.9. The molecule has 4 rings (SSSR count). The summed E-state index contributed by atoms with van der Waals surface area (Å²) in [6, 6.07) is 11.4. The largest absolute Gasteiger partial charge is 0.496 e. The average molecular weight is 617 g/mol. The average Bonchev–Trinajstić information content (AvgIpc) is 2.93. The molecule has 0 fully saturated rings. The van der Waals surface area contributed by atoms with E-state index in [0.29, 0.717) is 59.3 Å². The van der Waals surface area contributed by atoms with E-state index in [1.165, 1.54) is 0 Å². The maximum absolute atomic E-state index is 13.9. The fourth-order valence-corrected chi connectivity index (χ4v) is 6.18. The van der Waals surface area contributed by atoms with E-state index in [9.17, 15) is 9.59 Å². The van der Waals surface area contributed by atoms with Crippen molar-refractivity contribution in [2.24, 2.45) is 0 Å². The van der Waals surface area contributed by atoms with Gasteiger partial charge in [-0.1, -0.05) is 28.9 Å². The number of allylic oxidation sites excluding steroid dienone is 3. The number of ketones is 1. The van der Waals surface area contributed by atoms with Gasteiger partial charge in [-0.25, -0.2) is 4.79 Å². The minimum absolute atomic E-state index is 0.0186. The van der Waals surface area contributed by atoms with Crippen LogP contribution in [0.15, 0.2) is 63.4 Å². The fourth-order valence-electron chi connectivity index (χ4n) is 5.31. The molecule has 1 N–H and O–H groups in total. The zero-order valence-corrected chi connectivity index (χ0v) is 25.3. The van der Waals surface area contributed by atoms with Gasteiger partial charge in [0.1, 0.15) is 12.4 Å². The third kappa shape index (κ3) is 6.14. The monoisotopic (exact) mass is 615 g/mol. The Labute approximate surface area is 242 Å². The first-order valence-electron chi connectivity index (χ1n) is 12.9. The summed E-state index contributed by atoms with van der Waals surface area (Å²) in [5.74, 6) is 2.42. The van der Waals surface area contributed by atoms with Gasteiger partial charge in [-0.15, -0.1) is 0 Å². The highest BCUT2D eigenvalue weighted by molar-refractivity contribution is 9.10. The van der Waals surface area contributed by atoms with E-state index in [1.54, 1.807) is 33.1 Å². The quantitative estimate of drug-likeness (QED) is 0.252. The lowest BCUT2D eigenvalue weighted by molar-refractivity contribution is -0.138. The van der Waals surface area contributed by atoms with Gasteiger partial charge in [0.2, 0.25) is 0 Å². The summed E-state index contributed by atoms with van der Waals surface area (Å²) >= 11 is 5.27. The highest BCUT2D eigenvalue weighted by Crippen LogP contribution is 2.48. The summed E-state index contributed by atoms with van der Waals surface area (Å²) in [7, 11) is 4.79. The number of nitrogens with one attached hydrogen (secondary N) is 1. The topological polar surface area (TPSA) is 83.1 Å². The van der Waals surface area contributed by atoms with Crippen LogP contribution in [0.2, 0.25) is 0 Å². The molecule has 2 unspecified atom stereocenters. The van der Waals surface area contributed by atoms with Gasteiger partial charge >= 0.3 is 5.97 Å². The van der Waals surface area contributed by atoms with Gasteiger partial charge in [0.15, 0.2) is 17.3 Å². The molecule has 39 heavy (non-hydrogen) atoms. The number of halogens is 1. The standard InChI is InChI=1S/C30H34BrNO6S/c1-6-39-12-11-38-30(34)27-17(2)32-22-13-19(18-7-9-25(36-4)26(15-18)37-5)14-23(33)29(22)28(27)21-16-20(31)8-10-24(21)35-3/h7-10,15-16,19,28,32H,6,11-14H2,1-5H3. The smallest absolute Gasteiger partial charge is 0.336 e. The molecule has 0 spiro atoms. The van der Waals surface area contributed by atoms with Crippen molar-refractivity contribution in [3.05, 3.63) is 74.5 Å². The Morgan fingerprint density at radius 2 is 1.74 bits per heavy atom. The van der Waals surface area contributed by atoms with Crippen LogP contribution >= 0.6 is 27.7 Å². The first-order chi connectivity index (χ1) is 18.8. The van der Waals surface area contributed by atoms with Crippen LogP contribution in [0, 0.1) is 0 Å². The number of dihydropyridines is 1. The number of benzene rings is 2. The van der Waals surface area contributed by atoms with Gasteiger partial charge in [0.25, 0.3) is 0 Å². The number of esters is 1. The van der Waals surface area contributed by atoms with Crippen molar-refractivity contribution < 1.29 is 28.5 Å². The van der Waals surface area contributed by atoms with Crippen LogP contribution in [-0.4, -0.2) is 51.2 Å². The number of ether oxygens (including phenoxy) is 4. The molecule has 1 heterocycles. The molecule has 2 aromatic carbocycles. The van der Waals surface area contributed by atoms with E-state index in [2.05, 4.69) is 28.2 Å². The third-order valence-corrected chi connectivity index (χ3v) is 8.45. The van der Waals surface area contributed by atoms with E-state index < -0.39 is 11.9 Å². The van der Waals surface area contributed by atoms with Crippen LogP contribution in [0.3, 0.4) is 0 Å². The van der Waals surface area contributed by atoms with Crippen molar-refractivity contribution in [2.75, 3.05) is 39.4 Å². The molecule has 1 aliphatic heterocycles. The second-order valence-electron chi connectivity index (χ2n) is 9.35. The van der Waals surface area contributed by atoms with Crippen molar-refractivity contribution in [1.82, 2.24) is 5.32 Å². The fraction of sp³-hybridized carbons (Fsp3) is 0.400. The lowest BCUT2D eigenvalue weighted by Gasteiger charge is -2.37. The van der Waals surface area contributed by atoms with E-state index in [4.69, 9.17) is 18.9 Å². The van der Waals surface area contributed by atoms with E-state index in [1.807, 2.05) is 43.3 Å². The van der Waals surface area contributed by atoms with Gasteiger partial charge < -0.3 is 24.3 Å². The minimum atomic E-state index is -0.612. The molecule has 9 heteroatoms. The summed E-state index contributed by atoms with van der Waals surface area (Å²) in [6.07, 6.45) is 0.910. The van der Waals surface area contributed by atoms with Crippen molar-refractivity contribution >= 4 is 39.4 Å². The molecule has 0 saturated carbocycles. The summed E-state index contributed by atoms with van der Waals surface area (Å²) < 4.78 is 23.1. The number of carbonyl (C=O) groups excluding carboxylic acids is 2. The van der Waals surface area contributed by atoms with Crippen LogP contribution in [0.1, 0.15) is 49.7 Å². The van der Waals surface area contributed by atoms with Crippen molar-refractivity contribution in [3.63, 3.8) is 0 Å². The van der Waals surface area contributed by atoms with E-state index >= 15 is 0 Å². The normalized spacial score (nSPS) is 18.9. The number of hydrogen-bond acceptors (Lipinski definition) is 8. The molecule has 208 valence electrons. The van der Waals surface area contributed by atoms with Gasteiger partial charge in [-0.2, -0.15) is 11.8 Å². The SMILES string of the molecule is CCSCCOC(=O)C1=C(C)NC2=C(C(=O)CC(c3ccc(OC)c(OC)c3)C2)C1c1cc(Br)ccc1OC. The van der Waals surface area contributed by atoms with Crippen molar-refractivity contribution in [3.8, 4) is 17.2 Å². The first-order valence-corrected chi connectivity index (χ1v) is 14.8.